The molecule has 0 aliphatic heterocycles. The second-order valence-corrected chi connectivity index (χ2v) is 31.9. The summed E-state index contributed by atoms with van der Waals surface area (Å²) in [6.45, 7) is 6.35. The Bertz CT molecular complexity index is 5970. The maximum atomic E-state index is 11.9. The first kappa shape index (κ1) is 74.2. The van der Waals surface area contributed by atoms with Crippen molar-refractivity contribution in [3.8, 4) is 122 Å². The third-order valence-corrected chi connectivity index (χ3v) is 24.7. The van der Waals surface area contributed by atoms with Gasteiger partial charge >= 0.3 is 0 Å². The molecule has 6 unspecified atom stereocenters. The number of carbonyl (C=O) groups excluding carboxylic acids is 3. The van der Waals surface area contributed by atoms with Gasteiger partial charge in [0.05, 0.1) is 70.4 Å². The highest BCUT2D eigenvalue weighted by Crippen LogP contribution is 2.54. The molecule has 0 saturated heterocycles. The number of hydrogen-bond acceptors (Lipinski definition) is 18. The molecule has 0 radical (unpaired) electrons. The van der Waals surface area contributed by atoms with Crippen LogP contribution in [-0.2, 0) is 35.5 Å². The highest BCUT2D eigenvalue weighted by atomic mass is 16.2. The third-order valence-electron chi connectivity index (χ3n) is 24.7. The highest BCUT2D eigenvalue weighted by molar-refractivity contribution is 5.95. The van der Waals surface area contributed by atoms with Crippen LogP contribution >= 0.6 is 0 Å². The average molecular weight is 1510 g/mol. The number of fused-ring (bicyclic) bond motifs is 9. The Morgan fingerprint density at radius 2 is 0.816 bits per heavy atom. The third kappa shape index (κ3) is 14.3. The SMILES string of the molecule is C#CC(=O)NC1(C)C2CCC1CC(Nc1ccc(-c3cc(-c4cnn(C)c4)cn4ncc(C#N)c34)cn1)C2.C#CC(=O)NC1(C)CC2CCC(C1)C2Nc1ccc(-c2cc(-c3cnn(C)c3)cn3ncc(C#N)c23)cn1.C#CC(=O)NC1(CC)CC2CC(C1)C2Nc1ccc(-c2cc(-c3cnn(C)c3)cn3ncc(C#N)c23)cn1. The molecule has 7 aliphatic carbocycles. The van der Waals surface area contributed by atoms with Crippen LogP contribution in [0.25, 0.3) is 83.3 Å². The van der Waals surface area contributed by atoms with E-state index in [4.69, 9.17) is 34.2 Å². The molecule has 114 heavy (non-hydrogen) atoms. The van der Waals surface area contributed by atoms with Gasteiger partial charge in [0, 0.05) is 178 Å². The number of terminal acetylenes is 3. The molecule has 6 bridgehead atoms. The Morgan fingerprint density at radius 1 is 0.439 bits per heavy atom. The van der Waals surface area contributed by atoms with Gasteiger partial charge in [0.25, 0.3) is 17.7 Å². The molecule has 6 N–H and O–H groups in total. The molecule has 0 spiro atoms. The van der Waals surface area contributed by atoms with Crippen LogP contribution in [0.5, 0.6) is 0 Å². The van der Waals surface area contributed by atoms with Gasteiger partial charge in [0.2, 0.25) is 0 Å². The molecule has 7 aliphatic rings. The number of nitriles is 3. The number of aryl methyl sites for hydroxylation is 3. The maximum absolute atomic E-state index is 11.9. The van der Waals surface area contributed by atoms with E-state index in [2.05, 4.69) is 137 Å². The topological polar surface area (TPSA) is 339 Å². The number of hydrogen-bond donors (Lipinski definition) is 6. The fourth-order valence-corrected chi connectivity index (χ4v) is 19.3. The normalized spacial score (nSPS) is 23.9. The van der Waals surface area contributed by atoms with Crippen molar-refractivity contribution in [1.82, 2.24) is 89.1 Å². The number of amides is 3. The van der Waals surface area contributed by atoms with Crippen LogP contribution in [0.4, 0.5) is 17.5 Å². The van der Waals surface area contributed by atoms with E-state index in [1.165, 1.54) is 0 Å². The highest BCUT2D eigenvalue weighted by Gasteiger charge is 2.54. The number of rotatable bonds is 16. The van der Waals surface area contributed by atoms with E-state index in [-0.39, 0.29) is 40.4 Å². The molecule has 27 heteroatoms. The Kier molecular flexibility index (Phi) is 19.6. The predicted molar refractivity (Wildman–Crippen MR) is 431 cm³/mol. The van der Waals surface area contributed by atoms with Crippen LogP contribution < -0.4 is 31.9 Å². The lowest BCUT2D eigenvalue weighted by Crippen LogP contribution is -2.63. The number of pyridine rings is 6. The number of nitrogens with one attached hydrogen (secondary N) is 6. The van der Waals surface area contributed by atoms with Crippen molar-refractivity contribution >= 4 is 51.7 Å². The molecular weight excluding hydrogens is 1430 g/mol. The zero-order valence-electron chi connectivity index (χ0n) is 64.0. The van der Waals surface area contributed by atoms with Crippen LogP contribution in [0.2, 0.25) is 0 Å². The van der Waals surface area contributed by atoms with Gasteiger partial charge in [-0.1, -0.05) is 6.92 Å². The van der Waals surface area contributed by atoms with E-state index >= 15 is 0 Å². The summed E-state index contributed by atoms with van der Waals surface area (Å²) in [5.74, 6) is 10.6. The molecule has 3 amide bonds. The molecule has 12 aromatic rings. The number of anilines is 3. The first-order chi connectivity index (χ1) is 55.1. The van der Waals surface area contributed by atoms with Crippen LogP contribution in [-0.4, -0.2) is 126 Å². The fraction of sp³-hybridized carbons (Fsp3) is 0.345. The van der Waals surface area contributed by atoms with Gasteiger partial charge in [-0.05, 0) is 199 Å². The van der Waals surface area contributed by atoms with Crippen molar-refractivity contribution in [2.24, 2.45) is 56.7 Å². The second kappa shape index (κ2) is 30.1. The Morgan fingerprint density at radius 3 is 1.17 bits per heavy atom. The minimum Gasteiger partial charge on any atom is -0.367 e. The van der Waals surface area contributed by atoms with Gasteiger partial charge < -0.3 is 31.9 Å². The van der Waals surface area contributed by atoms with Gasteiger partial charge in [-0.3, -0.25) is 28.4 Å². The fourth-order valence-electron chi connectivity index (χ4n) is 19.3. The quantitative estimate of drug-likeness (QED) is 0.0489. The van der Waals surface area contributed by atoms with E-state index in [1.807, 2.05) is 132 Å². The van der Waals surface area contributed by atoms with Crippen molar-refractivity contribution in [2.45, 2.75) is 133 Å². The molecule has 12 heterocycles. The summed E-state index contributed by atoms with van der Waals surface area (Å²) in [7, 11) is 5.64. The number of carbonyl (C=O) groups is 3. The molecule has 27 nitrogen and oxygen atoms in total. The zero-order valence-corrected chi connectivity index (χ0v) is 64.0. The smallest absolute Gasteiger partial charge is 0.296 e. The van der Waals surface area contributed by atoms with Crippen molar-refractivity contribution in [3.63, 3.8) is 0 Å². The van der Waals surface area contributed by atoms with Crippen molar-refractivity contribution in [1.29, 1.82) is 15.8 Å². The minimum atomic E-state index is -0.338. The number of nitrogens with zero attached hydrogens (tertiary/aromatic N) is 18. The molecule has 7 fully saturated rings. The van der Waals surface area contributed by atoms with E-state index in [0.717, 1.165) is 178 Å². The van der Waals surface area contributed by atoms with Crippen molar-refractivity contribution in [3.05, 3.63) is 164 Å². The van der Waals surface area contributed by atoms with E-state index < -0.39 is 0 Å². The molecule has 6 atom stereocenters. The van der Waals surface area contributed by atoms with Crippen molar-refractivity contribution < 1.29 is 14.4 Å². The lowest BCUT2D eigenvalue weighted by molar-refractivity contribution is -0.120. The Hall–Kier alpha value is -13.9. The van der Waals surface area contributed by atoms with Crippen LogP contribution in [0, 0.1) is 107 Å². The first-order valence-corrected chi connectivity index (χ1v) is 38.4. The van der Waals surface area contributed by atoms with Gasteiger partial charge in [-0.15, -0.1) is 19.3 Å². The molecule has 12 aromatic heterocycles. The van der Waals surface area contributed by atoms with Crippen molar-refractivity contribution in [2.75, 3.05) is 16.0 Å². The van der Waals surface area contributed by atoms with Crippen LogP contribution in [0.15, 0.2) is 148 Å². The zero-order chi connectivity index (χ0) is 79.3. The van der Waals surface area contributed by atoms with Crippen LogP contribution in [0.3, 0.4) is 0 Å². The monoisotopic (exact) mass is 1510 g/mol. The maximum Gasteiger partial charge on any atom is 0.296 e. The van der Waals surface area contributed by atoms with Gasteiger partial charge in [-0.2, -0.15) is 46.4 Å². The first-order valence-electron chi connectivity index (χ1n) is 38.4. The average Bonchev–Trinajstić information content (AvgIpc) is 1.15. The molecule has 7 saturated carbocycles. The number of aromatic nitrogens is 15. The molecule has 19 rings (SSSR count). The standard InChI is InChI=1S/3C29H28N8O/c1-4-27(38)35-29(2)22-6-7-23(29)11-24(10-22)34-26-8-5-18(13-31-26)25-9-19(21-15-32-36(3)16-21)17-37-28(25)20(12-30)14-33-37;1-4-26(38)35-29(2)10-18-5-6-19(11-29)27(18)34-25-8-7-20(13-31-25)24-9-21(23-15-32-36(3)16-23)17-37-28(24)22(12-30)14-33-37;1-4-26(38)35-29(5-2)10-19-8-20(11-29)27(19)34-25-7-6-18(13-31-25)24-9-21(23-15-32-36(3)16-23)17-37-28(24)22(12-30)14-33-37/h1,5,8-9,13-17,22-24H,6-7,10-11H2,2-3H3,(H,31,34)(H,35,38);1,7-9,13-19,27H,5-6,10-11H2,2-3H3,(H,31,34)(H,35,38);1,6-7,9,13-17,19-20,27H,5,8,10-11H2,2-3H3,(H,31,34)(H,35,38). The van der Waals surface area contributed by atoms with E-state index in [1.54, 1.807) is 46.2 Å². The summed E-state index contributed by atoms with van der Waals surface area (Å²) in [6.07, 6.45) is 55.2. The lowest BCUT2D eigenvalue weighted by Gasteiger charge is -2.57. The van der Waals surface area contributed by atoms with Crippen LogP contribution in [0.1, 0.15) is 115 Å². The minimum absolute atomic E-state index is 0.207. The summed E-state index contributed by atoms with van der Waals surface area (Å²) >= 11 is 0. The Balaban J connectivity index is 0.000000129. The summed E-state index contributed by atoms with van der Waals surface area (Å²) in [6, 6.07) is 25.9. The summed E-state index contributed by atoms with van der Waals surface area (Å²) in [5.41, 5.74) is 14.2. The second-order valence-electron chi connectivity index (χ2n) is 31.9. The van der Waals surface area contributed by atoms with E-state index in [0.29, 0.717) is 64.3 Å². The van der Waals surface area contributed by atoms with Gasteiger partial charge in [0.15, 0.2) is 0 Å². The molecular formula is C87H84N24O3. The Labute approximate surface area is 659 Å². The summed E-state index contributed by atoms with van der Waals surface area (Å²) in [5, 5.41) is 75.3. The molecule has 570 valence electrons. The predicted octanol–water partition coefficient (Wildman–Crippen LogP) is 11.3. The largest absolute Gasteiger partial charge is 0.367 e. The molecule has 0 aromatic carbocycles. The van der Waals surface area contributed by atoms with Gasteiger partial charge in [0.1, 0.15) is 35.7 Å². The van der Waals surface area contributed by atoms with E-state index in [9.17, 15) is 30.2 Å². The summed E-state index contributed by atoms with van der Waals surface area (Å²) in [4.78, 5) is 49.9. The summed E-state index contributed by atoms with van der Waals surface area (Å²) < 4.78 is 10.5. The lowest BCUT2D eigenvalue weighted by atomic mass is 9.54. The van der Waals surface area contributed by atoms with Gasteiger partial charge in [-0.25, -0.2) is 28.5 Å².